The van der Waals surface area contributed by atoms with Gasteiger partial charge in [-0.15, -0.1) is 12.4 Å². The molecule has 0 aliphatic carbocycles. The van der Waals surface area contributed by atoms with Crippen LogP contribution in [0.25, 0.3) is 0 Å². The number of carbonyl (C=O) groups excluding carboxylic acids is 1. The maximum atomic E-state index is 14.6. The van der Waals surface area contributed by atoms with Crippen LogP contribution in [0.5, 0.6) is 0 Å². The Hall–Kier alpha value is -1.66. The monoisotopic (exact) mass is 522 g/mol. The lowest BCUT2D eigenvalue weighted by molar-refractivity contribution is 0.0600. The van der Waals surface area contributed by atoms with Crippen LogP contribution in [-0.4, -0.2) is 63.8 Å². The van der Waals surface area contributed by atoms with Crippen molar-refractivity contribution in [1.82, 2.24) is 14.5 Å². The number of nitrogens with zero attached hydrogens (tertiary/aromatic N) is 2. The minimum Gasteiger partial charge on any atom is -0.760 e. The van der Waals surface area contributed by atoms with Gasteiger partial charge >= 0.3 is 5.97 Å². The van der Waals surface area contributed by atoms with E-state index in [1.165, 1.54) is 31.4 Å². The van der Waals surface area contributed by atoms with Crippen molar-refractivity contribution in [1.29, 1.82) is 0 Å². The Kier molecular flexibility index (Phi) is 10.6. The van der Waals surface area contributed by atoms with Gasteiger partial charge in [0, 0.05) is 62.1 Å². The third kappa shape index (κ3) is 7.16. The lowest BCUT2D eigenvalue weighted by atomic mass is 10.0. The SMILES string of the molecule is COC(=O)c1ccc(CN(CC(c2ccc(F)c(Cl)c2)N2CCNCC2)S(=O)[O-])c(F)c1.Cl. The van der Waals surface area contributed by atoms with Gasteiger partial charge in [-0.2, -0.15) is 0 Å². The number of benzene rings is 2. The number of esters is 1. The number of hydrogen-bond donors (Lipinski definition) is 1. The van der Waals surface area contributed by atoms with Gasteiger partial charge in [0.2, 0.25) is 0 Å². The fourth-order valence-electron chi connectivity index (χ4n) is 3.63. The first kappa shape index (κ1) is 27.6. The van der Waals surface area contributed by atoms with Gasteiger partial charge in [-0.25, -0.2) is 17.9 Å². The molecule has 3 rings (SSSR count). The van der Waals surface area contributed by atoms with Gasteiger partial charge in [0.25, 0.3) is 0 Å². The third-order valence-electron chi connectivity index (χ3n) is 5.33. The summed E-state index contributed by atoms with van der Waals surface area (Å²) in [5.74, 6) is -1.97. The van der Waals surface area contributed by atoms with E-state index in [1.807, 2.05) is 0 Å². The van der Waals surface area contributed by atoms with Crippen molar-refractivity contribution in [3.63, 3.8) is 0 Å². The topological polar surface area (TPSA) is 84.9 Å². The normalized spacial score (nSPS) is 16.2. The average Bonchev–Trinajstić information content (AvgIpc) is 2.79. The van der Waals surface area contributed by atoms with Gasteiger partial charge in [0.15, 0.2) is 0 Å². The highest BCUT2D eigenvalue weighted by Gasteiger charge is 2.26. The van der Waals surface area contributed by atoms with Gasteiger partial charge in [0.05, 0.1) is 17.7 Å². The molecule has 33 heavy (non-hydrogen) atoms. The second kappa shape index (κ2) is 12.7. The highest BCUT2D eigenvalue weighted by molar-refractivity contribution is 7.76. The van der Waals surface area contributed by atoms with E-state index in [1.54, 1.807) is 6.07 Å². The van der Waals surface area contributed by atoms with Crippen LogP contribution < -0.4 is 5.32 Å². The van der Waals surface area contributed by atoms with Gasteiger partial charge in [-0.3, -0.25) is 9.11 Å². The molecule has 2 atom stereocenters. The highest BCUT2D eigenvalue weighted by Crippen LogP contribution is 2.28. The van der Waals surface area contributed by atoms with Crippen LogP contribution >= 0.6 is 24.0 Å². The van der Waals surface area contributed by atoms with Crippen LogP contribution in [0.1, 0.15) is 27.5 Å². The summed E-state index contributed by atoms with van der Waals surface area (Å²) in [5, 5.41) is 3.18. The summed E-state index contributed by atoms with van der Waals surface area (Å²) in [5.41, 5.74) is 0.802. The van der Waals surface area contributed by atoms with Crippen molar-refractivity contribution in [3.05, 3.63) is 69.7 Å². The molecular weight excluding hydrogens is 499 g/mol. The van der Waals surface area contributed by atoms with Crippen LogP contribution in [0.3, 0.4) is 0 Å². The molecule has 0 spiro atoms. The number of ether oxygens (including phenoxy) is 1. The summed E-state index contributed by atoms with van der Waals surface area (Å²) in [7, 11) is 1.19. The molecule has 7 nitrogen and oxygen atoms in total. The van der Waals surface area contributed by atoms with Crippen molar-refractivity contribution < 1.29 is 27.1 Å². The minimum atomic E-state index is -2.66. The highest BCUT2D eigenvalue weighted by atomic mass is 35.5. The summed E-state index contributed by atoms with van der Waals surface area (Å²) in [6, 6.07) is 7.65. The van der Waals surface area contributed by atoms with E-state index in [4.69, 9.17) is 11.6 Å². The van der Waals surface area contributed by atoms with E-state index in [9.17, 15) is 22.3 Å². The molecule has 1 aliphatic rings. The molecule has 2 unspecified atom stereocenters. The molecule has 0 bridgehead atoms. The fourth-order valence-corrected chi connectivity index (χ4v) is 4.32. The number of halogens is 4. The van der Waals surface area contributed by atoms with Crippen LogP contribution in [0.15, 0.2) is 36.4 Å². The summed E-state index contributed by atoms with van der Waals surface area (Å²) in [4.78, 5) is 13.7. The quantitative estimate of drug-likeness (QED) is 0.423. The zero-order valence-electron chi connectivity index (χ0n) is 17.8. The molecule has 1 aliphatic heterocycles. The average molecular weight is 523 g/mol. The van der Waals surface area contributed by atoms with Crippen molar-refractivity contribution in [3.8, 4) is 0 Å². The van der Waals surface area contributed by atoms with Gasteiger partial charge in [0.1, 0.15) is 11.6 Å². The lowest BCUT2D eigenvalue weighted by Crippen LogP contribution is -2.48. The molecule has 0 amide bonds. The summed E-state index contributed by atoms with van der Waals surface area (Å²) in [6.45, 7) is 2.52. The second-order valence-electron chi connectivity index (χ2n) is 7.31. The lowest BCUT2D eigenvalue weighted by Gasteiger charge is -2.38. The van der Waals surface area contributed by atoms with Crippen LogP contribution in [0.2, 0.25) is 5.02 Å². The van der Waals surface area contributed by atoms with E-state index in [0.717, 1.165) is 23.5 Å². The van der Waals surface area contributed by atoms with Crippen molar-refractivity contribution in [2.45, 2.75) is 12.6 Å². The largest absolute Gasteiger partial charge is 0.760 e. The zero-order chi connectivity index (χ0) is 23.3. The number of methoxy groups -OCH3 is 1. The number of nitrogens with one attached hydrogen (secondary N) is 1. The Labute approximate surface area is 204 Å². The Morgan fingerprint density at radius 2 is 1.94 bits per heavy atom. The first-order valence-electron chi connectivity index (χ1n) is 9.91. The van der Waals surface area contributed by atoms with Crippen molar-refractivity contribution in [2.75, 3.05) is 39.8 Å². The minimum absolute atomic E-state index is 0. The van der Waals surface area contributed by atoms with Crippen LogP contribution in [-0.2, 0) is 22.5 Å². The molecule has 2 aromatic rings. The zero-order valence-corrected chi connectivity index (χ0v) is 20.2. The van der Waals surface area contributed by atoms with E-state index < -0.39 is 34.9 Å². The maximum Gasteiger partial charge on any atom is 0.337 e. The van der Waals surface area contributed by atoms with Crippen molar-refractivity contribution in [2.24, 2.45) is 0 Å². The smallest absolute Gasteiger partial charge is 0.337 e. The number of piperazine rings is 1. The van der Waals surface area contributed by atoms with Gasteiger partial charge in [-0.05, 0) is 29.8 Å². The molecule has 0 aromatic heterocycles. The number of rotatable bonds is 8. The molecule has 0 radical (unpaired) electrons. The molecule has 1 fully saturated rings. The number of hydrogen-bond acceptors (Lipinski definition) is 6. The Balaban J connectivity index is 0.00000385. The van der Waals surface area contributed by atoms with E-state index in [-0.39, 0.29) is 41.6 Å². The first-order valence-corrected chi connectivity index (χ1v) is 11.3. The maximum absolute atomic E-state index is 14.6. The molecule has 1 heterocycles. The Bertz CT molecular complexity index is 996. The van der Waals surface area contributed by atoms with E-state index in [2.05, 4.69) is 15.0 Å². The molecule has 182 valence electrons. The summed E-state index contributed by atoms with van der Waals surface area (Å²) >= 11 is 3.31. The number of carbonyl (C=O) groups is 1. The van der Waals surface area contributed by atoms with Gasteiger partial charge in [-0.1, -0.05) is 23.7 Å². The fraction of sp³-hybridized carbons (Fsp3) is 0.381. The third-order valence-corrected chi connectivity index (χ3v) is 6.32. The Morgan fingerprint density at radius 1 is 1.24 bits per heavy atom. The molecule has 12 heteroatoms. The molecule has 0 saturated carbocycles. The molecule has 1 N–H and O–H groups in total. The predicted molar refractivity (Wildman–Crippen MR) is 123 cm³/mol. The molecule has 1 saturated heterocycles. The van der Waals surface area contributed by atoms with E-state index in [0.29, 0.717) is 18.7 Å². The van der Waals surface area contributed by atoms with Gasteiger partial charge < -0.3 is 14.6 Å². The summed E-state index contributed by atoms with van der Waals surface area (Å²) in [6.07, 6.45) is 0. The van der Waals surface area contributed by atoms with Crippen LogP contribution in [0.4, 0.5) is 8.78 Å². The Morgan fingerprint density at radius 3 is 2.52 bits per heavy atom. The second-order valence-corrected chi connectivity index (χ2v) is 8.67. The van der Waals surface area contributed by atoms with Crippen molar-refractivity contribution >= 4 is 41.2 Å². The standard InChI is InChI=1S/C21H24ClF2N3O4S.ClH/c1-31-21(28)15-2-3-16(19(24)11-15)12-27(32(29)30)13-20(26-8-6-25-7-9-26)14-4-5-18(23)17(22)10-14;/h2-5,10-11,20,25H,6-9,12-13H2,1H3,(H,29,30);1H/p-1. The molecular formula is C21H24Cl2F2N3O4S-. The first-order chi connectivity index (χ1) is 15.3. The van der Waals surface area contributed by atoms with Crippen LogP contribution in [0, 0.1) is 11.6 Å². The van der Waals surface area contributed by atoms with E-state index >= 15 is 0 Å². The summed E-state index contributed by atoms with van der Waals surface area (Å²) < 4.78 is 58.0. The molecule has 2 aromatic carbocycles. The predicted octanol–water partition coefficient (Wildman–Crippen LogP) is 3.07.